The third kappa shape index (κ3) is 4.09. The van der Waals surface area contributed by atoms with Crippen LogP contribution in [0.15, 0.2) is 36.4 Å². The fourth-order valence-corrected chi connectivity index (χ4v) is 3.17. The average molecular weight is 391 g/mol. The second kappa shape index (κ2) is 8.30. The molecule has 148 valence electrons. The lowest BCUT2D eigenvalue weighted by atomic mass is 10.1. The number of carbonyl (C=O) groups excluding carboxylic acids is 1. The Morgan fingerprint density at radius 3 is 2.54 bits per heavy atom. The Balaban J connectivity index is 1.65. The summed E-state index contributed by atoms with van der Waals surface area (Å²) in [5.41, 5.74) is 0.205. The van der Waals surface area contributed by atoms with Gasteiger partial charge in [-0.25, -0.2) is 8.78 Å². The highest BCUT2D eigenvalue weighted by Crippen LogP contribution is 2.28. The molecule has 0 radical (unpaired) electrons. The number of amides is 1. The molecule has 1 aliphatic rings. The van der Waals surface area contributed by atoms with E-state index in [0.717, 1.165) is 6.07 Å². The molecule has 7 nitrogen and oxygen atoms in total. The van der Waals surface area contributed by atoms with Crippen LogP contribution in [0.4, 0.5) is 14.5 Å². The molecule has 1 saturated heterocycles. The third-order valence-electron chi connectivity index (χ3n) is 4.71. The number of methoxy groups -OCH3 is 1. The van der Waals surface area contributed by atoms with Gasteiger partial charge in [-0.3, -0.25) is 19.8 Å². The molecular weight excluding hydrogens is 372 g/mol. The molecule has 3 rings (SSSR count). The third-order valence-corrected chi connectivity index (χ3v) is 4.71. The van der Waals surface area contributed by atoms with Gasteiger partial charge in [0.1, 0.15) is 0 Å². The molecule has 28 heavy (non-hydrogen) atoms. The summed E-state index contributed by atoms with van der Waals surface area (Å²) >= 11 is 0. The number of carbonyl (C=O) groups is 1. The van der Waals surface area contributed by atoms with Gasteiger partial charge in [0.2, 0.25) is 0 Å². The first-order chi connectivity index (χ1) is 13.4. The summed E-state index contributed by atoms with van der Waals surface area (Å²) < 4.78 is 32.1. The summed E-state index contributed by atoms with van der Waals surface area (Å²) in [5, 5.41) is 11.1. The number of nitrogens with zero attached hydrogens (tertiary/aromatic N) is 3. The van der Waals surface area contributed by atoms with Crippen molar-refractivity contribution in [2.45, 2.75) is 6.54 Å². The molecule has 0 saturated carbocycles. The van der Waals surface area contributed by atoms with Gasteiger partial charge < -0.3 is 9.64 Å². The van der Waals surface area contributed by atoms with E-state index < -0.39 is 16.6 Å². The van der Waals surface area contributed by atoms with Crippen LogP contribution < -0.4 is 4.74 Å². The maximum absolute atomic E-state index is 13.8. The SMILES string of the molecule is COc1ccc(C(=O)N2CCN(Cc3cccc(F)c3F)CC2)cc1[N+](=O)[O-]. The van der Waals surface area contributed by atoms with Gasteiger partial charge in [-0.05, 0) is 18.2 Å². The zero-order valence-electron chi connectivity index (χ0n) is 15.2. The van der Waals surface area contributed by atoms with Crippen molar-refractivity contribution >= 4 is 11.6 Å². The van der Waals surface area contributed by atoms with Gasteiger partial charge in [0.05, 0.1) is 12.0 Å². The van der Waals surface area contributed by atoms with Gasteiger partial charge in [-0.15, -0.1) is 0 Å². The monoisotopic (exact) mass is 391 g/mol. The number of rotatable bonds is 5. The number of piperazine rings is 1. The summed E-state index contributed by atoms with van der Waals surface area (Å²) in [6, 6.07) is 8.16. The molecule has 0 aliphatic carbocycles. The largest absolute Gasteiger partial charge is 0.490 e. The second-order valence-corrected chi connectivity index (χ2v) is 6.43. The number of hydrogen-bond donors (Lipinski definition) is 0. The highest BCUT2D eigenvalue weighted by atomic mass is 19.2. The molecule has 0 atom stereocenters. The number of ether oxygens (including phenoxy) is 1. The predicted molar refractivity (Wildman–Crippen MR) is 97.2 cm³/mol. The Hall–Kier alpha value is -3.07. The first kappa shape index (κ1) is 19.7. The van der Waals surface area contributed by atoms with Crippen molar-refractivity contribution in [3.8, 4) is 5.75 Å². The minimum Gasteiger partial charge on any atom is -0.490 e. The van der Waals surface area contributed by atoms with Crippen LogP contribution in [0.1, 0.15) is 15.9 Å². The highest BCUT2D eigenvalue weighted by molar-refractivity contribution is 5.95. The first-order valence-corrected chi connectivity index (χ1v) is 8.67. The molecule has 2 aromatic rings. The van der Waals surface area contributed by atoms with Crippen molar-refractivity contribution in [3.05, 3.63) is 69.3 Å². The zero-order chi connectivity index (χ0) is 20.3. The van der Waals surface area contributed by atoms with Crippen LogP contribution in [0, 0.1) is 21.7 Å². The van der Waals surface area contributed by atoms with Gasteiger partial charge in [-0.2, -0.15) is 0 Å². The zero-order valence-corrected chi connectivity index (χ0v) is 15.2. The van der Waals surface area contributed by atoms with E-state index in [1.165, 1.54) is 37.4 Å². The lowest BCUT2D eigenvalue weighted by Crippen LogP contribution is -2.48. The summed E-state index contributed by atoms with van der Waals surface area (Å²) in [4.78, 5) is 26.7. The quantitative estimate of drug-likeness (QED) is 0.579. The smallest absolute Gasteiger partial charge is 0.311 e. The van der Waals surface area contributed by atoms with Crippen molar-refractivity contribution in [1.82, 2.24) is 9.80 Å². The Labute approximate surface area is 160 Å². The van der Waals surface area contributed by atoms with Crippen molar-refractivity contribution < 1.29 is 23.2 Å². The van der Waals surface area contributed by atoms with Crippen molar-refractivity contribution in [2.24, 2.45) is 0 Å². The Bertz CT molecular complexity index is 899. The van der Waals surface area contributed by atoms with Crippen LogP contribution in [-0.4, -0.2) is 53.9 Å². The molecule has 2 aromatic carbocycles. The van der Waals surface area contributed by atoms with Crippen LogP contribution in [0.3, 0.4) is 0 Å². The topological polar surface area (TPSA) is 75.9 Å². The van der Waals surface area contributed by atoms with Crippen LogP contribution in [0.2, 0.25) is 0 Å². The normalized spacial score (nSPS) is 14.8. The van der Waals surface area contributed by atoms with E-state index in [9.17, 15) is 23.7 Å². The van der Waals surface area contributed by atoms with Crippen LogP contribution in [-0.2, 0) is 6.54 Å². The lowest BCUT2D eigenvalue weighted by Gasteiger charge is -2.34. The van der Waals surface area contributed by atoms with Crippen LogP contribution in [0.25, 0.3) is 0 Å². The molecule has 0 unspecified atom stereocenters. The highest BCUT2D eigenvalue weighted by Gasteiger charge is 2.25. The molecular formula is C19H19F2N3O4. The van der Waals surface area contributed by atoms with Crippen molar-refractivity contribution in [3.63, 3.8) is 0 Å². The standard InChI is InChI=1S/C19H19F2N3O4/c1-28-17-6-5-13(11-16(17)24(26)27)19(25)23-9-7-22(8-10-23)12-14-3-2-4-15(20)18(14)21/h2-6,11H,7-10,12H2,1H3. The average Bonchev–Trinajstić information content (AvgIpc) is 2.71. The van der Waals surface area contributed by atoms with E-state index in [0.29, 0.717) is 26.2 Å². The molecule has 1 heterocycles. The minimum atomic E-state index is -0.882. The van der Waals surface area contributed by atoms with Gasteiger partial charge >= 0.3 is 5.69 Å². The van der Waals surface area contributed by atoms with Gasteiger partial charge in [0.15, 0.2) is 17.4 Å². The summed E-state index contributed by atoms with van der Waals surface area (Å²) in [6.07, 6.45) is 0. The van der Waals surface area contributed by atoms with E-state index in [1.54, 1.807) is 4.90 Å². The predicted octanol–water partition coefficient (Wildman–Crippen LogP) is 2.84. The molecule has 1 amide bonds. The van der Waals surface area contributed by atoms with E-state index in [4.69, 9.17) is 4.74 Å². The first-order valence-electron chi connectivity index (χ1n) is 8.67. The fourth-order valence-electron chi connectivity index (χ4n) is 3.17. The molecule has 0 spiro atoms. The van der Waals surface area contributed by atoms with E-state index >= 15 is 0 Å². The summed E-state index contributed by atoms with van der Waals surface area (Å²) in [7, 11) is 1.32. The minimum absolute atomic E-state index is 0.0866. The second-order valence-electron chi connectivity index (χ2n) is 6.43. The number of benzene rings is 2. The van der Waals surface area contributed by atoms with Crippen molar-refractivity contribution in [1.29, 1.82) is 0 Å². The number of nitro groups is 1. The maximum Gasteiger partial charge on any atom is 0.311 e. The van der Waals surface area contributed by atoms with Crippen molar-refractivity contribution in [2.75, 3.05) is 33.3 Å². The van der Waals surface area contributed by atoms with Gasteiger partial charge in [0.25, 0.3) is 5.91 Å². The van der Waals surface area contributed by atoms with Crippen LogP contribution >= 0.6 is 0 Å². The molecule has 1 aliphatic heterocycles. The maximum atomic E-state index is 13.8. The van der Waals surface area contributed by atoms with E-state index in [2.05, 4.69) is 0 Å². The number of hydrogen-bond acceptors (Lipinski definition) is 5. The summed E-state index contributed by atoms with van der Waals surface area (Å²) in [5.74, 6) is -1.97. The van der Waals surface area contributed by atoms with Gasteiger partial charge in [0, 0.05) is 49.9 Å². The summed E-state index contributed by atoms with van der Waals surface area (Å²) in [6.45, 7) is 1.99. The molecule has 0 N–H and O–H groups in total. The molecule has 9 heteroatoms. The number of halogens is 2. The molecule has 0 bridgehead atoms. The van der Waals surface area contributed by atoms with E-state index in [1.807, 2.05) is 4.90 Å². The Morgan fingerprint density at radius 2 is 1.89 bits per heavy atom. The Morgan fingerprint density at radius 1 is 1.18 bits per heavy atom. The van der Waals surface area contributed by atoms with Gasteiger partial charge in [-0.1, -0.05) is 12.1 Å². The fraction of sp³-hybridized carbons (Fsp3) is 0.316. The van der Waals surface area contributed by atoms with Crippen LogP contribution in [0.5, 0.6) is 5.75 Å². The Kier molecular flexibility index (Phi) is 5.84. The molecule has 1 fully saturated rings. The molecule has 0 aromatic heterocycles. The lowest BCUT2D eigenvalue weighted by molar-refractivity contribution is -0.385. The van der Waals surface area contributed by atoms with E-state index in [-0.39, 0.29) is 35.0 Å². The number of nitro benzene ring substituents is 1.